The van der Waals surface area contributed by atoms with Crippen molar-refractivity contribution in [3.05, 3.63) is 30.3 Å². The first-order valence-electron chi connectivity index (χ1n) is 10.5. The van der Waals surface area contributed by atoms with Gasteiger partial charge in [0.15, 0.2) is 0 Å². The average Bonchev–Trinajstić information content (AvgIpc) is 2.66. The molecule has 1 aromatic rings. The Kier molecular flexibility index (Phi) is 14.4. The summed E-state index contributed by atoms with van der Waals surface area (Å²) in [5, 5.41) is 19.9. The Labute approximate surface area is 174 Å². The monoisotopic (exact) mass is 415 g/mol. The van der Waals surface area contributed by atoms with Gasteiger partial charge in [0.1, 0.15) is 0 Å². The molecule has 0 atom stereocenters. The highest BCUT2D eigenvalue weighted by Gasteiger charge is 2.22. The lowest BCUT2D eigenvalue weighted by molar-refractivity contribution is 0.112. The van der Waals surface area contributed by atoms with Gasteiger partial charge in [-0.25, -0.2) is 0 Å². The van der Waals surface area contributed by atoms with Crippen LogP contribution in [0.25, 0.3) is 0 Å². The molecule has 0 radical (unpaired) electrons. The van der Waals surface area contributed by atoms with E-state index in [9.17, 15) is 0 Å². The molecule has 0 aromatic heterocycles. The summed E-state index contributed by atoms with van der Waals surface area (Å²) in [5.74, 6) is 0. The molecule has 158 valence electrons. The fourth-order valence-electron chi connectivity index (χ4n) is 3.52. The maximum absolute atomic E-state index is 9.16. The fourth-order valence-corrected chi connectivity index (χ4v) is 6.04. The van der Waals surface area contributed by atoms with Crippen LogP contribution in [0.15, 0.2) is 30.3 Å². The second-order valence-electron chi connectivity index (χ2n) is 8.61. The lowest BCUT2D eigenvalue weighted by Gasteiger charge is -2.24. The Morgan fingerprint density at radius 3 is 1.70 bits per heavy atom. The van der Waals surface area contributed by atoms with Crippen LogP contribution >= 0.6 is 12.4 Å². The molecule has 0 saturated heterocycles. The quantitative estimate of drug-likeness (QED) is 0.289. The van der Waals surface area contributed by atoms with E-state index in [0.29, 0.717) is 6.42 Å². The number of benzene rings is 1. The standard InChI is InChI=1S/C22H41NO2Si.ClH/c1-26(2,21-15-11-10-12-16-21)18-14-9-7-5-3-4-6-8-13-17-22(23,19-24)20-25;/h10-12,15-16,24-25H,3-9,13-14,17-20,23H2,1-2H3;1H. The molecule has 0 fully saturated rings. The number of aliphatic hydroxyl groups excluding tert-OH is 2. The lowest BCUT2D eigenvalue weighted by Crippen LogP contribution is -2.47. The highest BCUT2D eigenvalue weighted by molar-refractivity contribution is 6.89. The summed E-state index contributed by atoms with van der Waals surface area (Å²) in [6, 6.07) is 12.5. The zero-order valence-electron chi connectivity index (χ0n) is 17.5. The SMILES string of the molecule is C[Si](C)(CCCCCCCCCCCC(N)(CO)CO)c1ccccc1.Cl. The normalized spacial score (nSPS) is 12.0. The van der Waals surface area contributed by atoms with Crippen LogP contribution in [0, 0.1) is 0 Å². The van der Waals surface area contributed by atoms with E-state index in [1.807, 2.05) is 0 Å². The van der Waals surface area contributed by atoms with E-state index < -0.39 is 13.6 Å². The van der Waals surface area contributed by atoms with Crippen LogP contribution < -0.4 is 10.9 Å². The number of halogens is 1. The highest BCUT2D eigenvalue weighted by Crippen LogP contribution is 2.18. The smallest absolute Gasteiger partial charge is 0.0806 e. The first-order valence-corrected chi connectivity index (χ1v) is 13.7. The first kappa shape index (κ1) is 26.6. The zero-order chi connectivity index (χ0) is 19.3. The molecule has 1 rings (SSSR count). The molecule has 0 aliphatic carbocycles. The molecule has 1 aromatic carbocycles. The van der Waals surface area contributed by atoms with E-state index in [1.165, 1.54) is 51.0 Å². The molecule has 3 nitrogen and oxygen atoms in total. The van der Waals surface area contributed by atoms with Crippen LogP contribution in [0.1, 0.15) is 64.2 Å². The van der Waals surface area contributed by atoms with Crippen LogP contribution in [0.3, 0.4) is 0 Å². The second kappa shape index (κ2) is 14.6. The van der Waals surface area contributed by atoms with Crippen LogP contribution in [0.5, 0.6) is 0 Å². The topological polar surface area (TPSA) is 66.5 Å². The van der Waals surface area contributed by atoms with Crippen LogP contribution in [-0.4, -0.2) is 37.0 Å². The summed E-state index contributed by atoms with van der Waals surface area (Å²) in [6.07, 6.45) is 12.2. The van der Waals surface area contributed by atoms with Gasteiger partial charge in [-0.15, -0.1) is 12.4 Å². The van der Waals surface area contributed by atoms with E-state index in [2.05, 4.69) is 43.4 Å². The molecular formula is C22H42ClNO2Si. The van der Waals surface area contributed by atoms with E-state index >= 15 is 0 Å². The molecule has 5 heteroatoms. The Morgan fingerprint density at radius 1 is 0.778 bits per heavy atom. The van der Waals surface area contributed by atoms with E-state index in [1.54, 1.807) is 5.19 Å². The number of rotatable bonds is 15. The fraction of sp³-hybridized carbons (Fsp3) is 0.727. The van der Waals surface area contributed by atoms with Gasteiger partial charge in [-0.3, -0.25) is 0 Å². The zero-order valence-corrected chi connectivity index (χ0v) is 19.3. The first-order chi connectivity index (χ1) is 12.4. The largest absolute Gasteiger partial charge is 0.394 e. The van der Waals surface area contributed by atoms with Gasteiger partial charge in [0.05, 0.1) is 26.8 Å². The van der Waals surface area contributed by atoms with Crippen molar-refractivity contribution in [1.82, 2.24) is 0 Å². The van der Waals surface area contributed by atoms with Gasteiger partial charge in [0.25, 0.3) is 0 Å². The van der Waals surface area contributed by atoms with Gasteiger partial charge in [0, 0.05) is 0 Å². The minimum absolute atomic E-state index is 0. The molecule has 0 spiro atoms. The number of hydrogen-bond acceptors (Lipinski definition) is 3. The van der Waals surface area contributed by atoms with Crippen LogP contribution in [0.2, 0.25) is 19.1 Å². The van der Waals surface area contributed by atoms with Crippen molar-refractivity contribution in [2.75, 3.05) is 13.2 Å². The number of unbranched alkanes of at least 4 members (excludes halogenated alkanes) is 8. The predicted molar refractivity (Wildman–Crippen MR) is 123 cm³/mol. The molecule has 0 saturated carbocycles. The predicted octanol–water partition coefficient (Wildman–Crippen LogP) is 4.61. The molecule has 0 bridgehead atoms. The molecule has 0 aliphatic rings. The average molecular weight is 416 g/mol. The van der Waals surface area contributed by atoms with Gasteiger partial charge < -0.3 is 15.9 Å². The summed E-state index contributed by atoms with van der Waals surface area (Å²) in [6.45, 7) is 4.72. The summed E-state index contributed by atoms with van der Waals surface area (Å²) < 4.78 is 0. The van der Waals surface area contributed by atoms with Gasteiger partial charge in [-0.05, 0) is 6.42 Å². The molecular weight excluding hydrogens is 374 g/mol. The van der Waals surface area contributed by atoms with Crippen LogP contribution in [-0.2, 0) is 0 Å². The number of nitrogens with two attached hydrogens (primary N) is 1. The van der Waals surface area contributed by atoms with Gasteiger partial charge >= 0.3 is 0 Å². The molecule has 0 amide bonds. The maximum Gasteiger partial charge on any atom is 0.0806 e. The molecule has 27 heavy (non-hydrogen) atoms. The van der Waals surface area contributed by atoms with Crippen molar-refractivity contribution < 1.29 is 10.2 Å². The Hall–Kier alpha value is -0.393. The third-order valence-electron chi connectivity index (χ3n) is 5.66. The van der Waals surface area contributed by atoms with Gasteiger partial charge in [-0.1, -0.05) is 112 Å². The third-order valence-corrected chi connectivity index (χ3v) is 9.16. The van der Waals surface area contributed by atoms with Crippen LogP contribution in [0.4, 0.5) is 0 Å². The van der Waals surface area contributed by atoms with Crippen molar-refractivity contribution in [3.63, 3.8) is 0 Å². The molecule has 0 heterocycles. The van der Waals surface area contributed by atoms with Crippen molar-refractivity contribution in [2.24, 2.45) is 5.73 Å². The van der Waals surface area contributed by atoms with E-state index in [4.69, 9.17) is 15.9 Å². The summed E-state index contributed by atoms with van der Waals surface area (Å²) in [7, 11) is -1.24. The minimum atomic E-state index is -1.24. The number of hydrogen-bond donors (Lipinski definition) is 3. The summed E-state index contributed by atoms with van der Waals surface area (Å²) >= 11 is 0. The van der Waals surface area contributed by atoms with Gasteiger partial charge in [-0.2, -0.15) is 0 Å². The Balaban J connectivity index is 0.00000676. The maximum atomic E-state index is 9.16. The van der Waals surface area contributed by atoms with Crippen molar-refractivity contribution in [2.45, 2.75) is 88.9 Å². The highest BCUT2D eigenvalue weighted by atomic mass is 35.5. The molecule has 0 aliphatic heterocycles. The lowest BCUT2D eigenvalue weighted by atomic mass is 9.94. The van der Waals surface area contributed by atoms with E-state index in [-0.39, 0.29) is 25.6 Å². The van der Waals surface area contributed by atoms with Crippen molar-refractivity contribution in [1.29, 1.82) is 0 Å². The third kappa shape index (κ3) is 11.3. The Bertz CT molecular complexity index is 467. The molecule has 4 N–H and O–H groups in total. The van der Waals surface area contributed by atoms with Crippen molar-refractivity contribution >= 4 is 25.7 Å². The van der Waals surface area contributed by atoms with Gasteiger partial charge in [0.2, 0.25) is 0 Å². The Morgan fingerprint density at radius 2 is 1.22 bits per heavy atom. The summed E-state index contributed by atoms with van der Waals surface area (Å²) in [4.78, 5) is 0. The molecule has 0 unspecified atom stereocenters. The minimum Gasteiger partial charge on any atom is -0.394 e. The summed E-state index contributed by atoms with van der Waals surface area (Å²) in [5.41, 5.74) is 5.10. The van der Waals surface area contributed by atoms with E-state index in [0.717, 1.165) is 12.8 Å². The van der Waals surface area contributed by atoms with Crippen molar-refractivity contribution in [3.8, 4) is 0 Å². The second-order valence-corrected chi connectivity index (χ2v) is 13.5. The number of aliphatic hydroxyl groups is 2.